The van der Waals surface area contributed by atoms with Crippen LogP contribution in [0.4, 0.5) is 4.39 Å². The molecular weight excluding hydrogens is 554 g/mol. The number of benzene rings is 2. The predicted octanol–water partition coefficient (Wildman–Crippen LogP) is 5.93. The molecule has 3 rings (SSSR count). The molecule has 1 aromatic heterocycles. The Bertz CT molecular complexity index is 1400. The van der Waals surface area contributed by atoms with Gasteiger partial charge in [0.25, 0.3) is 5.91 Å². The molecule has 0 fully saturated rings. The summed E-state index contributed by atoms with van der Waals surface area (Å²) in [5.74, 6) is -3.22. The van der Waals surface area contributed by atoms with Gasteiger partial charge >= 0.3 is 5.97 Å². The van der Waals surface area contributed by atoms with Crippen molar-refractivity contribution in [3.63, 3.8) is 0 Å². The van der Waals surface area contributed by atoms with Gasteiger partial charge in [-0.3, -0.25) is 4.79 Å². The lowest BCUT2D eigenvalue weighted by atomic mass is 10.1. The summed E-state index contributed by atoms with van der Waals surface area (Å²) in [4.78, 5) is 28.2. The number of carboxylic acids is 1. The Morgan fingerprint density at radius 1 is 1.24 bits per heavy atom. The number of ether oxygens (including phenoxy) is 2. The van der Waals surface area contributed by atoms with Crippen molar-refractivity contribution in [1.82, 2.24) is 14.9 Å². The topological polar surface area (TPSA) is 126 Å². The number of carbonyl (C=O) groups is 2. The van der Waals surface area contributed by atoms with Crippen molar-refractivity contribution in [2.24, 2.45) is 0 Å². The average Bonchev–Trinajstić information content (AvgIpc) is 3.23. The minimum absolute atomic E-state index is 0.0119. The Kier molecular flexibility index (Phi) is 9.51. The van der Waals surface area contributed by atoms with Crippen molar-refractivity contribution in [3.8, 4) is 17.6 Å². The van der Waals surface area contributed by atoms with Crippen LogP contribution in [0.3, 0.4) is 0 Å². The van der Waals surface area contributed by atoms with E-state index in [1.165, 1.54) is 29.1 Å². The molecule has 200 valence electrons. The molecular formula is C25H25Cl2FN4O5Si. The number of imidazole rings is 1. The number of hydrogen-bond acceptors (Lipinski definition) is 6. The van der Waals surface area contributed by atoms with Gasteiger partial charge < -0.3 is 24.5 Å². The maximum atomic E-state index is 15.3. The van der Waals surface area contributed by atoms with Crippen LogP contribution in [0, 0.1) is 17.1 Å². The van der Waals surface area contributed by atoms with Crippen LogP contribution in [-0.2, 0) is 18.0 Å². The van der Waals surface area contributed by atoms with Crippen LogP contribution in [-0.4, -0.2) is 41.2 Å². The van der Waals surface area contributed by atoms with Gasteiger partial charge in [0.05, 0.1) is 28.5 Å². The zero-order chi connectivity index (χ0) is 28.0. The third kappa shape index (κ3) is 7.55. The highest BCUT2D eigenvalue weighted by molar-refractivity contribution is 6.76. The van der Waals surface area contributed by atoms with Gasteiger partial charge in [-0.15, -0.1) is 0 Å². The van der Waals surface area contributed by atoms with E-state index >= 15 is 4.39 Å². The summed E-state index contributed by atoms with van der Waals surface area (Å²) < 4.78 is 28.0. The summed E-state index contributed by atoms with van der Waals surface area (Å²) >= 11 is 12.2. The van der Waals surface area contributed by atoms with Crippen LogP contribution in [0.2, 0.25) is 35.9 Å². The van der Waals surface area contributed by atoms with Gasteiger partial charge in [-0.05, 0) is 30.3 Å². The van der Waals surface area contributed by atoms with E-state index in [0.29, 0.717) is 6.61 Å². The fraction of sp³-hybridized carbons (Fsp3) is 0.280. The SMILES string of the molecule is C[Si](C)(C)CCOCn1cnc(Cl)c1C(=O)NCc1ccc(Cl)c(Oc2cc(C#N)cc(C(=O)O)c2)c1F. The Balaban J connectivity index is 1.74. The fourth-order valence-corrected chi connectivity index (χ4v) is 4.43. The zero-order valence-corrected chi connectivity index (χ0v) is 23.4. The second-order valence-electron chi connectivity index (χ2n) is 9.50. The molecule has 0 bridgehead atoms. The highest BCUT2D eigenvalue weighted by Gasteiger charge is 2.21. The number of nitriles is 1. The van der Waals surface area contributed by atoms with Gasteiger partial charge in [0.2, 0.25) is 0 Å². The number of amides is 1. The quantitative estimate of drug-likeness (QED) is 0.213. The molecule has 38 heavy (non-hydrogen) atoms. The fourth-order valence-electron chi connectivity index (χ4n) is 3.25. The number of aromatic nitrogens is 2. The largest absolute Gasteiger partial charge is 0.478 e. The first-order valence-electron chi connectivity index (χ1n) is 11.4. The van der Waals surface area contributed by atoms with Crippen LogP contribution in [0.25, 0.3) is 0 Å². The third-order valence-electron chi connectivity index (χ3n) is 5.31. The van der Waals surface area contributed by atoms with E-state index in [2.05, 4.69) is 29.9 Å². The molecule has 0 saturated heterocycles. The first-order valence-corrected chi connectivity index (χ1v) is 15.9. The van der Waals surface area contributed by atoms with Gasteiger partial charge in [0.1, 0.15) is 18.2 Å². The van der Waals surface area contributed by atoms with Crippen molar-refractivity contribution >= 4 is 43.2 Å². The monoisotopic (exact) mass is 578 g/mol. The number of nitrogens with one attached hydrogen (secondary N) is 1. The van der Waals surface area contributed by atoms with Gasteiger partial charge in [0.15, 0.2) is 16.7 Å². The summed E-state index contributed by atoms with van der Waals surface area (Å²) in [5.41, 5.74) is -0.0870. The van der Waals surface area contributed by atoms with Gasteiger partial charge in [-0.2, -0.15) is 5.26 Å². The third-order valence-corrected chi connectivity index (χ3v) is 7.58. The summed E-state index contributed by atoms with van der Waals surface area (Å²) in [5, 5.41) is 20.9. The number of nitrogens with zero attached hydrogens (tertiary/aromatic N) is 3. The highest BCUT2D eigenvalue weighted by Crippen LogP contribution is 2.35. The molecule has 1 heterocycles. The normalized spacial score (nSPS) is 11.2. The van der Waals surface area contributed by atoms with E-state index < -0.39 is 25.8 Å². The molecule has 0 atom stereocenters. The molecule has 1 amide bonds. The van der Waals surface area contributed by atoms with E-state index in [0.717, 1.165) is 18.2 Å². The predicted molar refractivity (Wildman–Crippen MR) is 142 cm³/mol. The molecule has 13 heteroatoms. The van der Waals surface area contributed by atoms with E-state index in [9.17, 15) is 14.7 Å². The van der Waals surface area contributed by atoms with Crippen molar-refractivity contribution in [1.29, 1.82) is 5.26 Å². The van der Waals surface area contributed by atoms with Crippen molar-refractivity contribution in [3.05, 3.63) is 75.0 Å². The average molecular weight is 579 g/mol. The Labute approximate surface area is 229 Å². The lowest BCUT2D eigenvalue weighted by Gasteiger charge is -2.16. The standard InChI is InChI=1S/C25H25Cl2FN4O5Si/c1-38(2,3)7-6-36-14-32-13-31-23(27)21(32)24(33)30-12-16-4-5-19(26)22(20(16)28)37-18-9-15(11-29)8-17(10-18)25(34)35/h4-5,8-10,13H,6-7,12,14H2,1-3H3,(H,30,33)(H,34,35). The molecule has 2 N–H and O–H groups in total. The van der Waals surface area contributed by atoms with Gasteiger partial charge in [-0.25, -0.2) is 14.2 Å². The minimum Gasteiger partial charge on any atom is -0.478 e. The van der Waals surface area contributed by atoms with E-state index in [1.807, 2.05) is 6.07 Å². The molecule has 0 saturated carbocycles. The molecule has 2 aromatic carbocycles. The summed E-state index contributed by atoms with van der Waals surface area (Å²) in [7, 11) is -1.28. The maximum absolute atomic E-state index is 15.3. The number of halogens is 3. The van der Waals surface area contributed by atoms with Crippen molar-refractivity contribution in [2.75, 3.05) is 6.61 Å². The van der Waals surface area contributed by atoms with Gasteiger partial charge in [0, 0.05) is 26.8 Å². The number of rotatable bonds is 11. The molecule has 0 radical (unpaired) electrons. The van der Waals surface area contributed by atoms with Crippen LogP contribution in [0.5, 0.6) is 11.5 Å². The number of aromatic carboxylic acids is 1. The zero-order valence-electron chi connectivity index (χ0n) is 20.8. The van der Waals surface area contributed by atoms with Crippen molar-refractivity contribution in [2.45, 2.75) is 39.0 Å². The van der Waals surface area contributed by atoms with Crippen LogP contribution >= 0.6 is 23.2 Å². The van der Waals surface area contributed by atoms with E-state index in [4.69, 9.17) is 37.9 Å². The molecule has 0 unspecified atom stereocenters. The summed E-state index contributed by atoms with van der Waals surface area (Å²) in [6.07, 6.45) is 1.39. The summed E-state index contributed by atoms with van der Waals surface area (Å²) in [6, 6.07) is 9.08. The van der Waals surface area contributed by atoms with Crippen LogP contribution < -0.4 is 10.1 Å². The minimum atomic E-state index is -1.28. The number of carbonyl (C=O) groups excluding carboxylic acids is 1. The lowest BCUT2D eigenvalue weighted by Crippen LogP contribution is -2.27. The second-order valence-corrected chi connectivity index (χ2v) is 15.9. The number of hydrogen-bond donors (Lipinski definition) is 2. The Morgan fingerprint density at radius 3 is 2.63 bits per heavy atom. The molecule has 0 aliphatic carbocycles. The Morgan fingerprint density at radius 2 is 1.97 bits per heavy atom. The molecule has 0 aliphatic rings. The first-order chi connectivity index (χ1) is 17.9. The van der Waals surface area contributed by atoms with E-state index in [1.54, 1.807) is 0 Å². The second kappa shape index (κ2) is 12.4. The molecule has 0 aliphatic heterocycles. The maximum Gasteiger partial charge on any atom is 0.335 e. The first kappa shape index (κ1) is 29.1. The molecule has 9 nitrogen and oxygen atoms in total. The van der Waals surface area contributed by atoms with Crippen LogP contribution in [0.1, 0.15) is 32.0 Å². The highest BCUT2D eigenvalue weighted by atomic mass is 35.5. The Hall–Kier alpha value is -3.43. The lowest BCUT2D eigenvalue weighted by molar-refractivity contribution is 0.0696. The smallest absolute Gasteiger partial charge is 0.335 e. The van der Waals surface area contributed by atoms with Crippen molar-refractivity contribution < 1.29 is 28.6 Å². The molecule has 0 spiro atoms. The molecule has 3 aromatic rings. The summed E-state index contributed by atoms with van der Waals surface area (Å²) in [6.45, 7) is 7.07. The number of carboxylic acid groups (broad SMARTS) is 1. The van der Waals surface area contributed by atoms with Gasteiger partial charge in [-0.1, -0.05) is 48.9 Å². The van der Waals surface area contributed by atoms with E-state index in [-0.39, 0.29) is 57.3 Å². The van der Waals surface area contributed by atoms with Crippen LogP contribution in [0.15, 0.2) is 36.7 Å².